The van der Waals surface area contributed by atoms with Crippen LogP contribution >= 0.6 is 0 Å². The molecule has 0 saturated carbocycles. The van der Waals surface area contributed by atoms with Crippen LogP contribution in [0.1, 0.15) is 48.0 Å². The van der Waals surface area contributed by atoms with Gasteiger partial charge in [-0.3, -0.25) is 4.79 Å². The summed E-state index contributed by atoms with van der Waals surface area (Å²) in [6.45, 7) is 2.83. The molecule has 0 aromatic heterocycles. The summed E-state index contributed by atoms with van der Waals surface area (Å²) >= 11 is 0. The molecule has 22 heavy (non-hydrogen) atoms. The maximum Gasteiger partial charge on any atom is 0.243 e. The molecule has 0 unspecified atom stereocenters. The average molecular weight is 323 g/mol. The summed E-state index contributed by atoms with van der Waals surface area (Å²) < 4.78 is 26.8. The second-order valence-corrected chi connectivity index (χ2v) is 7.51. The van der Waals surface area contributed by atoms with Crippen LogP contribution in [0.5, 0.6) is 0 Å². The number of hydrogen-bond acceptors (Lipinski definition) is 4. The number of carbonyl (C=O) groups excluding carboxylic acids is 2. The topological polar surface area (TPSA) is 71.5 Å². The Kier molecular flexibility index (Phi) is 5.47. The highest BCUT2D eigenvalue weighted by Crippen LogP contribution is 2.23. The van der Waals surface area contributed by atoms with Crippen LogP contribution in [0.2, 0.25) is 0 Å². The number of rotatable bonds is 6. The van der Waals surface area contributed by atoms with Crippen molar-refractivity contribution in [1.82, 2.24) is 4.31 Å². The number of nitrogens with zero attached hydrogens (tertiary/aromatic N) is 1. The van der Waals surface area contributed by atoms with E-state index in [1.807, 2.05) is 0 Å². The average Bonchev–Trinajstić information content (AvgIpc) is 2.53. The van der Waals surface area contributed by atoms with Gasteiger partial charge in [-0.1, -0.05) is 12.5 Å². The number of sulfonamides is 1. The number of benzene rings is 1. The fraction of sp³-hybridized carbons (Fsp3) is 0.500. The first-order chi connectivity index (χ1) is 10.5. The summed E-state index contributed by atoms with van der Waals surface area (Å²) in [5.41, 5.74) is 1.12. The minimum Gasteiger partial charge on any atom is -0.303 e. The van der Waals surface area contributed by atoms with Gasteiger partial charge < -0.3 is 4.79 Å². The predicted molar refractivity (Wildman–Crippen MR) is 83.4 cm³/mol. The Balaban J connectivity index is 2.31. The first-order valence-electron chi connectivity index (χ1n) is 7.54. The molecule has 120 valence electrons. The highest BCUT2D eigenvalue weighted by Gasteiger charge is 2.26. The lowest BCUT2D eigenvalue weighted by Crippen LogP contribution is -2.35. The van der Waals surface area contributed by atoms with Gasteiger partial charge in [0.1, 0.15) is 6.29 Å². The monoisotopic (exact) mass is 323 g/mol. The molecule has 1 saturated heterocycles. The van der Waals surface area contributed by atoms with Crippen LogP contribution in [0.4, 0.5) is 0 Å². The summed E-state index contributed by atoms with van der Waals surface area (Å²) in [7, 11) is -3.54. The third kappa shape index (κ3) is 3.62. The number of carbonyl (C=O) groups is 2. The van der Waals surface area contributed by atoms with E-state index in [0.29, 0.717) is 24.9 Å². The molecule has 0 amide bonds. The van der Waals surface area contributed by atoms with Crippen molar-refractivity contribution in [2.75, 3.05) is 13.1 Å². The van der Waals surface area contributed by atoms with Crippen molar-refractivity contribution >= 4 is 22.1 Å². The molecule has 1 aliphatic heterocycles. The van der Waals surface area contributed by atoms with Crippen LogP contribution in [0.15, 0.2) is 23.1 Å². The van der Waals surface area contributed by atoms with E-state index in [9.17, 15) is 18.0 Å². The van der Waals surface area contributed by atoms with E-state index >= 15 is 0 Å². The van der Waals surface area contributed by atoms with Crippen molar-refractivity contribution < 1.29 is 18.0 Å². The Hall–Kier alpha value is -1.53. The van der Waals surface area contributed by atoms with Gasteiger partial charge in [0, 0.05) is 31.5 Å². The van der Waals surface area contributed by atoms with E-state index in [1.54, 1.807) is 19.1 Å². The first kappa shape index (κ1) is 16.8. The third-order valence-electron chi connectivity index (χ3n) is 3.95. The maximum absolute atomic E-state index is 12.6. The van der Waals surface area contributed by atoms with E-state index in [2.05, 4.69) is 0 Å². The lowest BCUT2D eigenvalue weighted by molar-refractivity contribution is -0.107. The molecule has 1 heterocycles. The number of ketones is 1. The molecule has 0 atom stereocenters. The maximum atomic E-state index is 12.6. The van der Waals surface area contributed by atoms with Crippen molar-refractivity contribution in [3.63, 3.8) is 0 Å². The molecule has 0 bridgehead atoms. The molecule has 6 heteroatoms. The number of aldehydes is 1. The molecule has 0 radical (unpaired) electrons. The van der Waals surface area contributed by atoms with Crippen LogP contribution in [-0.4, -0.2) is 37.9 Å². The Bertz CT molecular complexity index is 661. The first-order valence-corrected chi connectivity index (χ1v) is 8.98. The smallest absolute Gasteiger partial charge is 0.243 e. The quantitative estimate of drug-likeness (QED) is 0.595. The van der Waals surface area contributed by atoms with Crippen molar-refractivity contribution in [2.24, 2.45) is 0 Å². The molecule has 1 fully saturated rings. The Morgan fingerprint density at radius 1 is 1.23 bits per heavy atom. The van der Waals surface area contributed by atoms with E-state index in [0.717, 1.165) is 24.8 Å². The summed E-state index contributed by atoms with van der Waals surface area (Å²) in [6, 6.07) is 4.66. The van der Waals surface area contributed by atoms with Crippen LogP contribution in [0.3, 0.4) is 0 Å². The van der Waals surface area contributed by atoms with Crippen molar-refractivity contribution in [3.05, 3.63) is 29.3 Å². The second-order valence-electron chi connectivity index (χ2n) is 5.57. The van der Waals surface area contributed by atoms with Gasteiger partial charge in [0.05, 0.1) is 4.90 Å². The normalized spacial score (nSPS) is 16.4. The van der Waals surface area contributed by atoms with Crippen LogP contribution in [0.25, 0.3) is 0 Å². The van der Waals surface area contributed by atoms with Gasteiger partial charge in [0.15, 0.2) is 5.78 Å². The zero-order valence-electron chi connectivity index (χ0n) is 12.7. The molecule has 0 aliphatic carbocycles. The van der Waals surface area contributed by atoms with E-state index in [-0.39, 0.29) is 23.5 Å². The Labute approximate surface area is 131 Å². The molecule has 0 N–H and O–H groups in total. The molecule has 0 spiro atoms. The Morgan fingerprint density at radius 3 is 2.55 bits per heavy atom. The van der Waals surface area contributed by atoms with Crippen LogP contribution in [0, 0.1) is 6.92 Å². The number of piperidine rings is 1. The largest absolute Gasteiger partial charge is 0.303 e. The zero-order valence-corrected chi connectivity index (χ0v) is 13.6. The summed E-state index contributed by atoms with van der Waals surface area (Å²) in [6.07, 6.45) is 3.75. The van der Waals surface area contributed by atoms with Crippen LogP contribution < -0.4 is 0 Å². The number of aryl methyl sites for hydroxylation is 1. The van der Waals surface area contributed by atoms with E-state index in [1.165, 1.54) is 10.4 Å². The minimum atomic E-state index is -3.54. The fourth-order valence-corrected chi connectivity index (χ4v) is 4.18. The van der Waals surface area contributed by atoms with Gasteiger partial charge in [-0.25, -0.2) is 8.42 Å². The molecule has 1 aliphatic rings. The van der Waals surface area contributed by atoms with Gasteiger partial charge in [0.2, 0.25) is 10.0 Å². The molecule has 1 aromatic carbocycles. The highest BCUT2D eigenvalue weighted by molar-refractivity contribution is 7.89. The van der Waals surface area contributed by atoms with Crippen molar-refractivity contribution in [2.45, 2.75) is 43.9 Å². The zero-order chi connectivity index (χ0) is 16.2. The van der Waals surface area contributed by atoms with E-state index in [4.69, 9.17) is 0 Å². The summed E-state index contributed by atoms with van der Waals surface area (Å²) in [5.74, 6) is -0.194. The predicted octanol–water partition coefficient (Wildman–Crippen LogP) is 2.33. The molecule has 1 aromatic rings. The van der Waals surface area contributed by atoms with Gasteiger partial charge in [-0.05, 0) is 37.5 Å². The van der Waals surface area contributed by atoms with Crippen molar-refractivity contribution in [3.8, 4) is 0 Å². The lowest BCUT2D eigenvalue weighted by atomic mass is 10.0. The van der Waals surface area contributed by atoms with Crippen molar-refractivity contribution in [1.29, 1.82) is 0 Å². The standard InChI is InChI=1S/C16H21NO4S/c1-13-7-8-14(12-15(13)16(19)6-5-11-18)22(20,21)17-9-3-2-4-10-17/h7-8,11-12H,2-6,9-10H2,1H3. The minimum absolute atomic E-state index is 0.109. The fourth-order valence-electron chi connectivity index (χ4n) is 2.64. The van der Waals surface area contributed by atoms with Gasteiger partial charge >= 0.3 is 0 Å². The highest BCUT2D eigenvalue weighted by atomic mass is 32.2. The Morgan fingerprint density at radius 2 is 1.91 bits per heavy atom. The molecular weight excluding hydrogens is 302 g/mol. The van der Waals surface area contributed by atoms with Gasteiger partial charge in [-0.15, -0.1) is 0 Å². The molecular formula is C16H21NO4S. The lowest BCUT2D eigenvalue weighted by Gasteiger charge is -2.26. The van der Waals surface area contributed by atoms with Gasteiger partial charge in [0.25, 0.3) is 0 Å². The van der Waals surface area contributed by atoms with E-state index < -0.39 is 10.0 Å². The SMILES string of the molecule is Cc1ccc(S(=O)(=O)N2CCCCC2)cc1C(=O)CCC=O. The summed E-state index contributed by atoms with van der Waals surface area (Å²) in [4.78, 5) is 22.7. The number of Topliss-reactive ketones (excluding diaryl/α,β-unsaturated/α-hetero) is 1. The summed E-state index contributed by atoms with van der Waals surface area (Å²) in [5, 5.41) is 0. The number of hydrogen-bond donors (Lipinski definition) is 0. The molecule has 2 rings (SSSR count). The van der Waals surface area contributed by atoms with Gasteiger partial charge in [-0.2, -0.15) is 4.31 Å². The third-order valence-corrected chi connectivity index (χ3v) is 5.85. The molecule has 5 nitrogen and oxygen atoms in total. The van der Waals surface area contributed by atoms with Crippen LogP contribution in [-0.2, 0) is 14.8 Å². The second kappa shape index (κ2) is 7.15.